The number of benzene rings is 7. The van der Waals surface area contributed by atoms with Crippen LogP contribution in [0.5, 0.6) is 0 Å². The summed E-state index contributed by atoms with van der Waals surface area (Å²) in [4.78, 5) is 4.79. The van der Waals surface area contributed by atoms with Gasteiger partial charge in [-0.15, -0.1) is 0 Å². The third-order valence-electron chi connectivity index (χ3n) is 8.76. The maximum atomic E-state index is 9.57. The molecule has 0 aliphatic rings. The van der Waals surface area contributed by atoms with Crippen LogP contribution in [0.4, 0.5) is 0 Å². The number of fused-ring (bicyclic) bond motifs is 11. The van der Waals surface area contributed by atoms with E-state index in [1.54, 1.807) is 12.1 Å². The lowest BCUT2D eigenvalue weighted by Gasteiger charge is -2.14. The summed E-state index contributed by atoms with van der Waals surface area (Å²) in [5.41, 5.74) is 3.92. The molecule has 0 unspecified atom stereocenters. The Balaban J connectivity index is 1.42. The third kappa shape index (κ3) is 3.16. The summed E-state index contributed by atoms with van der Waals surface area (Å²) >= 11 is 0. The molecule has 5 heteroatoms. The lowest BCUT2D eigenvalue weighted by Crippen LogP contribution is -1.98. The first-order valence-electron chi connectivity index (χ1n) is 18.7. The Morgan fingerprint density at radius 1 is 0.543 bits per heavy atom. The third-order valence-corrected chi connectivity index (χ3v) is 8.76. The van der Waals surface area contributed by atoms with Gasteiger partial charge in [0.15, 0.2) is 5.58 Å². The van der Waals surface area contributed by atoms with E-state index in [1.807, 2.05) is 71.3 Å². The van der Waals surface area contributed by atoms with Crippen molar-refractivity contribution < 1.29 is 24.2 Å². The fraction of sp³-hybridized carbons (Fsp3) is 0. The molecule has 0 N–H and O–H groups in total. The molecule has 5 nitrogen and oxygen atoms in total. The van der Waals surface area contributed by atoms with Gasteiger partial charge in [0.1, 0.15) is 27.8 Å². The van der Waals surface area contributed by atoms with E-state index in [0.717, 1.165) is 32.6 Å². The number of hydrogen-bond acceptors (Lipinski definition) is 4. The molecule has 0 aliphatic carbocycles. The van der Waals surface area contributed by atoms with Crippen LogP contribution in [0.2, 0.25) is 0 Å². The zero-order valence-electron chi connectivity index (χ0n) is 31.7. The quantitative estimate of drug-likeness (QED) is 0.199. The predicted octanol–water partition coefficient (Wildman–Crippen LogP) is 11.5. The van der Waals surface area contributed by atoms with Crippen LogP contribution in [-0.2, 0) is 0 Å². The number of para-hydroxylation sites is 4. The molecule has 46 heavy (non-hydrogen) atoms. The Morgan fingerprint density at radius 3 is 2.20 bits per heavy atom. The molecule has 0 atom stereocenters. The number of oxazole rings is 1. The second-order valence-corrected chi connectivity index (χ2v) is 11.3. The smallest absolute Gasteiger partial charge is 0.229 e. The van der Waals surface area contributed by atoms with Crippen molar-refractivity contribution in [2.45, 2.75) is 0 Å². The molecule has 11 aromatic rings. The SMILES string of the molecule is [2H]c1c(-c2nc3ccccc3o2)c(-n2c3ccccc3c3cc4c(cc32)oc2ccccc24)c2c(oc3c([2H])c4c([2H])c([2H])c([2H])c([2H])c4c([2H])c32)c1[2H]. The Bertz CT molecular complexity index is 3470. The van der Waals surface area contributed by atoms with Gasteiger partial charge in [0.2, 0.25) is 5.89 Å². The Morgan fingerprint density at radius 2 is 1.30 bits per heavy atom. The highest BCUT2D eigenvalue weighted by atomic mass is 16.3. The Labute approximate surface area is 271 Å². The second kappa shape index (κ2) is 8.65. The van der Waals surface area contributed by atoms with E-state index < -0.39 is 24.2 Å². The maximum absolute atomic E-state index is 9.57. The monoisotopic (exact) mass is 598 g/mol. The molecule has 0 saturated carbocycles. The van der Waals surface area contributed by atoms with Gasteiger partial charge in [0.05, 0.1) is 38.6 Å². The van der Waals surface area contributed by atoms with Crippen molar-refractivity contribution in [3.05, 3.63) is 133 Å². The summed E-state index contributed by atoms with van der Waals surface area (Å²) < 4.78 is 92.8. The maximum Gasteiger partial charge on any atom is 0.229 e. The van der Waals surface area contributed by atoms with E-state index in [2.05, 4.69) is 6.07 Å². The number of aromatic nitrogens is 2. The zero-order valence-corrected chi connectivity index (χ0v) is 23.7. The van der Waals surface area contributed by atoms with E-state index in [-0.39, 0.29) is 68.3 Å². The van der Waals surface area contributed by atoms with Crippen molar-refractivity contribution in [1.82, 2.24) is 9.55 Å². The zero-order chi connectivity index (χ0) is 36.9. The fourth-order valence-corrected chi connectivity index (χ4v) is 6.78. The molecular weight excluding hydrogens is 568 g/mol. The van der Waals surface area contributed by atoms with Gasteiger partial charge < -0.3 is 17.8 Å². The summed E-state index contributed by atoms with van der Waals surface area (Å²) in [6.45, 7) is 0. The molecule has 7 aromatic carbocycles. The molecule has 0 radical (unpaired) electrons. The van der Waals surface area contributed by atoms with E-state index in [1.165, 1.54) is 0 Å². The molecule has 0 amide bonds. The normalized spacial score (nSPS) is 14.8. The molecule has 4 heterocycles. The van der Waals surface area contributed by atoms with Gasteiger partial charge in [0, 0.05) is 33.0 Å². The van der Waals surface area contributed by atoms with Crippen LogP contribution in [0, 0.1) is 0 Å². The van der Waals surface area contributed by atoms with Crippen molar-refractivity contribution in [2.24, 2.45) is 0 Å². The van der Waals surface area contributed by atoms with Gasteiger partial charge in [-0.3, -0.25) is 0 Å². The van der Waals surface area contributed by atoms with Gasteiger partial charge in [-0.25, -0.2) is 4.98 Å². The molecule has 0 aliphatic heterocycles. The minimum atomic E-state index is -0.536. The van der Waals surface area contributed by atoms with Gasteiger partial charge in [0.25, 0.3) is 0 Å². The van der Waals surface area contributed by atoms with Crippen molar-refractivity contribution in [3.63, 3.8) is 0 Å². The minimum absolute atomic E-state index is 0.0528. The first-order valence-corrected chi connectivity index (χ1v) is 14.7. The molecular formula is C41H22N2O3. The highest BCUT2D eigenvalue weighted by molar-refractivity contribution is 6.21. The summed E-state index contributed by atoms with van der Waals surface area (Å²) in [5, 5.41) is 3.54. The van der Waals surface area contributed by atoms with Crippen molar-refractivity contribution in [3.8, 4) is 17.1 Å². The number of hydrogen-bond donors (Lipinski definition) is 0. The van der Waals surface area contributed by atoms with E-state index >= 15 is 0 Å². The first kappa shape index (κ1) is 17.8. The average Bonchev–Trinajstić information content (AvgIpc) is 3.95. The lowest BCUT2D eigenvalue weighted by molar-refractivity contribution is 0.619. The van der Waals surface area contributed by atoms with Crippen molar-refractivity contribution in [2.75, 3.05) is 0 Å². The standard InChI is InChI=1S/C41H22N2O3/c1-2-10-24-20-37-30(19-23(24)9-1)39-36(45-37)18-17-27(41-42-31-13-5-8-16-35(31)46-41)40(39)43-32-14-6-3-11-25(32)28-21-29-26-12-4-7-15-34(26)44-38(29)22-33(28)43/h1-22H/i1D,2D,9D,10D,17D,18D,19D,20D. The minimum Gasteiger partial charge on any atom is -0.456 e. The first-order chi connectivity index (χ1) is 26.1. The van der Waals surface area contributed by atoms with Crippen LogP contribution in [0.15, 0.2) is 147 Å². The van der Waals surface area contributed by atoms with Crippen molar-refractivity contribution in [1.29, 1.82) is 0 Å². The molecule has 4 aromatic heterocycles. The van der Waals surface area contributed by atoms with E-state index in [9.17, 15) is 5.48 Å². The van der Waals surface area contributed by atoms with Crippen LogP contribution >= 0.6 is 0 Å². The van der Waals surface area contributed by atoms with Gasteiger partial charge in [-0.1, -0.05) is 72.7 Å². The number of furan rings is 2. The van der Waals surface area contributed by atoms with Gasteiger partial charge >= 0.3 is 0 Å². The van der Waals surface area contributed by atoms with E-state index in [0.29, 0.717) is 27.9 Å². The molecule has 214 valence electrons. The summed E-state index contributed by atoms with van der Waals surface area (Å²) in [5.74, 6) is 0.0528. The van der Waals surface area contributed by atoms with Gasteiger partial charge in [-0.05, 0) is 65.3 Å². The fourth-order valence-electron chi connectivity index (χ4n) is 6.78. The van der Waals surface area contributed by atoms with Gasteiger partial charge in [-0.2, -0.15) is 0 Å². The molecule has 0 fully saturated rings. The van der Waals surface area contributed by atoms with Crippen molar-refractivity contribution >= 4 is 87.6 Å². The Kier molecular flexibility index (Phi) is 3.35. The highest BCUT2D eigenvalue weighted by Gasteiger charge is 2.25. The highest BCUT2D eigenvalue weighted by Crippen LogP contribution is 2.45. The van der Waals surface area contributed by atoms with Crippen LogP contribution < -0.4 is 0 Å². The molecule has 0 bridgehead atoms. The van der Waals surface area contributed by atoms with E-state index in [4.69, 9.17) is 23.7 Å². The lowest BCUT2D eigenvalue weighted by atomic mass is 10.0. The molecule has 11 rings (SSSR count). The van der Waals surface area contributed by atoms with Crippen LogP contribution in [0.1, 0.15) is 11.0 Å². The summed E-state index contributed by atoms with van der Waals surface area (Å²) in [6, 6.07) is 23.4. The number of nitrogens with zero attached hydrogens (tertiary/aromatic N) is 2. The average molecular weight is 599 g/mol. The Hall–Kier alpha value is -6.33. The second-order valence-electron chi connectivity index (χ2n) is 11.3. The molecule has 0 saturated heterocycles. The summed E-state index contributed by atoms with van der Waals surface area (Å²) in [6.07, 6.45) is 0. The topological polar surface area (TPSA) is 57.2 Å². The van der Waals surface area contributed by atoms with Crippen LogP contribution in [-0.4, -0.2) is 9.55 Å². The number of rotatable bonds is 2. The summed E-state index contributed by atoms with van der Waals surface area (Å²) in [7, 11) is 0. The van der Waals surface area contributed by atoms with Crippen LogP contribution in [0.25, 0.3) is 105 Å². The van der Waals surface area contributed by atoms with Crippen LogP contribution in [0.3, 0.4) is 0 Å². The molecule has 0 spiro atoms. The predicted molar refractivity (Wildman–Crippen MR) is 186 cm³/mol. The largest absolute Gasteiger partial charge is 0.456 e.